The number of carbonyl (C=O) groups is 1. The van der Waals surface area contributed by atoms with Crippen LogP contribution in [0.5, 0.6) is 0 Å². The molecule has 1 fully saturated rings. The SMILES string of the molecule is Cc1ccc(N=C2NC(=O)/C(=C\c3cccc(F)c3)S2)c(C)c1. The lowest BCUT2D eigenvalue weighted by atomic mass is 10.1. The highest BCUT2D eigenvalue weighted by atomic mass is 32.2. The van der Waals surface area contributed by atoms with Crippen LogP contribution in [0.25, 0.3) is 6.08 Å². The van der Waals surface area contributed by atoms with Crippen molar-refractivity contribution in [1.82, 2.24) is 5.32 Å². The lowest BCUT2D eigenvalue weighted by Gasteiger charge is -2.02. The molecule has 0 unspecified atom stereocenters. The molecule has 2 aromatic rings. The number of amidine groups is 1. The number of halogens is 1. The van der Waals surface area contributed by atoms with Gasteiger partial charge in [0.15, 0.2) is 5.17 Å². The van der Waals surface area contributed by atoms with Crippen LogP contribution in [-0.2, 0) is 4.79 Å². The van der Waals surface area contributed by atoms with Gasteiger partial charge in [0.1, 0.15) is 5.82 Å². The van der Waals surface area contributed by atoms with Gasteiger partial charge in [-0.15, -0.1) is 0 Å². The molecule has 23 heavy (non-hydrogen) atoms. The van der Waals surface area contributed by atoms with Crippen molar-refractivity contribution in [3.63, 3.8) is 0 Å². The molecule has 0 aromatic heterocycles. The molecule has 1 aliphatic heterocycles. The van der Waals surface area contributed by atoms with E-state index in [1.54, 1.807) is 18.2 Å². The zero-order valence-electron chi connectivity index (χ0n) is 12.8. The van der Waals surface area contributed by atoms with Gasteiger partial charge in [-0.3, -0.25) is 4.79 Å². The molecule has 0 spiro atoms. The number of aryl methyl sites for hydroxylation is 2. The number of rotatable bonds is 2. The zero-order chi connectivity index (χ0) is 16.4. The first-order chi connectivity index (χ1) is 11.0. The quantitative estimate of drug-likeness (QED) is 0.834. The lowest BCUT2D eigenvalue weighted by molar-refractivity contribution is -0.115. The number of carbonyl (C=O) groups excluding carboxylic acids is 1. The van der Waals surface area contributed by atoms with Crippen LogP contribution >= 0.6 is 11.8 Å². The fraction of sp³-hybridized carbons (Fsp3) is 0.111. The van der Waals surface area contributed by atoms with Crippen LogP contribution in [0.4, 0.5) is 10.1 Å². The molecule has 0 aliphatic carbocycles. The monoisotopic (exact) mass is 326 g/mol. The molecule has 0 atom stereocenters. The Labute approximate surface area is 138 Å². The van der Waals surface area contributed by atoms with E-state index in [1.165, 1.54) is 29.5 Å². The van der Waals surface area contributed by atoms with Gasteiger partial charge in [-0.05, 0) is 61.0 Å². The molecule has 5 heteroatoms. The van der Waals surface area contributed by atoms with Gasteiger partial charge >= 0.3 is 0 Å². The number of nitrogens with zero attached hydrogens (tertiary/aromatic N) is 1. The number of nitrogens with one attached hydrogen (secondary N) is 1. The Bertz CT molecular complexity index is 843. The molecule has 2 aromatic carbocycles. The lowest BCUT2D eigenvalue weighted by Crippen LogP contribution is -2.19. The molecular weight excluding hydrogens is 311 g/mol. The highest BCUT2D eigenvalue weighted by Crippen LogP contribution is 2.29. The molecule has 3 nitrogen and oxygen atoms in total. The maximum absolute atomic E-state index is 13.2. The summed E-state index contributed by atoms with van der Waals surface area (Å²) in [7, 11) is 0. The van der Waals surface area contributed by atoms with E-state index in [1.807, 2.05) is 32.0 Å². The summed E-state index contributed by atoms with van der Waals surface area (Å²) in [5.74, 6) is -0.547. The zero-order valence-corrected chi connectivity index (χ0v) is 13.6. The molecule has 3 rings (SSSR count). The van der Waals surface area contributed by atoms with Crippen molar-refractivity contribution in [2.75, 3.05) is 0 Å². The number of thioether (sulfide) groups is 1. The van der Waals surface area contributed by atoms with E-state index in [4.69, 9.17) is 0 Å². The summed E-state index contributed by atoms with van der Waals surface area (Å²) in [6.07, 6.45) is 1.66. The minimum absolute atomic E-state index is 0.220. The normalized spacial score (nSPS) is 17.8. The van der Waals surface area contributed by atoms with Gasteiger partial charge in [0.05, 0.1) is 10.6 Å². The first kappa shape index (κ1) is 15.5. The second kappa shape index (κ2) is 6.38. The van der Waals surface area contributed by atoms with Gasteiger partial charge in [-0.1, -0.05) is 29.8 Å². The molecule has 1 amide bonds. The second-order valence-electron chi connectivity index (χ2n) is 5.33. The molecule has 0 saturated carbocycles. The van der Waals surface area contributed by atoms with Crippen molar-refractivity contribution in [3.05, 3.63) is 69.9 Å². The summed E-state index contributed by atoms with van der Waals surface area (Å²) in [6.45, 7) is 4.01. The first-order valence-electron chi connectivity index (χ1n) is 7.14. The van der Waals surface area contributed by atoms with Crippen LogP contribution in [0.1, 0.15) is 16.7 Å². The summed E-state index contributed by atoms with van der Waals surface area (Å²) in [5, 5.41) is 3.27. The Morgan fingerprint density at radius 1 is 1.17 bits per heavy atom. The average molecular weight is 326 g/mol. The number of hydrogen-bond donors (Lipinski definition) is 1. The minimum atomic E-state index is -0.327. The van der Waals surface area contributed by atoms with Crippen molar-refractivity contribution < 1.29 is 9.18 Å². The van der Waals surface area contributed by atoms with Crippen LogP contribution in [0, 0.1) is 19.7 Å². The minimum Gasteiger partial charge on any atom is -0.300 e. The van der Waals surface area contributed by atoms with Gasteiger partial charge in [0.2, 0.25) is 0 Å². The van der Waals surface area contributed by atoms with E-state index in [0.717, 1.165) is 11.3 Å². The highest BCUT2D eigenvalue weighted by Gasteiger charge is 2.23. The van der Waals surface area contributed by atoms with Gasteiger partial charge in [0, 0.05) is 0 Å². The Kier molecular flexibility index (Phi) is 4.30. The van der Waals surface area contributed by atoms with Gasteiger partial charge in [0.25, 0.3) is 5.91 Å². The van der Waals surface area contributed by atoms with E-state index < -0.39 is 0 Å². The molecule has 0 bridgehead atoms. The van der Waals surface area contributed by atoms with Crippen LogP contribution in [0.15, 0.2) is 52.4 Å². The summed E-state index contributed by atoms with van der Waals surface area (Å²) in [4.78, 5) is 17.0. The molecule has 1 saturated heterocycles. The summed E-state index contributed by atoms with van der Waals surface area (Å²) in [6, 6.07) is 12.1. The summed E-state index contributed by atoms with van der Waals surface area (Å²) in [5.41, 5.74) is 3.69. The fourth-order valence-electron chi connectivity index (χ4n) is 2.27. The molecule has 1 heterocycles. The summed E-state index contributed by atoms with van der Waals surface area (Å²) < 4.78 is 13.2. The second-order valence-corrected chi connectivity index (χ2v) is 6.36. The maximum Gasteiger partial charge on any atom is 0.264 e. The first-order valence-corrected chi connectivity index (χ1v) is 7.95. The standard InChI is InChI=1S/C18H15FN2OS/c1-11-6-7-15(12(2)8-11)20-18-21-17(22)16(23-18)10-13-4-3-5-14(19)9-13/h3-10H,1-2H3,(H,20,21,22)/b16-10+. The van der Waals surface area contributed by atoms with E-state index in [9.17, 15) is 9.18 Å². The topological polar surface area (TPSA) is 41.5 Å². The van der Waals surface area contributed by atoms with Crippen LogP contribution in [-0.4, -0.2) is 11.1 Å². The predicted octanol–water partition coefficient (Wildman–Crippen LogP) is 4.33. The highest BCUT2D eigenvalue weighted by molar-refractivity contribution is 8.18. The summed E-state index contributed by atoms with van der Waals surface area (Å²) >= 11 is 1.26. The maximum atomic E-state index is 13.2. The Balaban J connectivity index is 1.86. The molecule has 116 valence electrons. The third-order valence-electron chi connectivity index (χ3n) is 3.37. The van der Waals surface area contributed by atoms with Crippen LogP contribution in [0.2, 0.25) is 0 Å². The molecular formula is C18H15FN2OS. The molecule has 1 N–H and O–H groups in total. The third kappa shape index (κ3) is 3.68. The Hall–Kier alpha value is -2.40. The van der Waals surface area contributed by atoms with E-state index in [2.05, 4.69) is 10.3 Å². The van der Waals surface area contributed by atoms with Gasteiger partial charge in [-0.2, -0.15) is 0 Å². The number of amides is 1. The largest absolute Gasteiger partial charge is 0.300 e. The fourth-order valence-corrected chi connectivity index (χ4v) is 3.10. The molecule has 1 aliphatic rings. The van der Waals surface area contributed by atoms with Crippen molar-refractivity contribution in [2.24, 2.45) is 4.99 Å². The van der Waals surface area contributed by atoms with E-state index >= 15 is 0 Å². The van der Waals surface area contributed by atoms with Crippen molar-refractivity contribution >= 4 is 34.6 Å². The van der Waals surface area contributed by atoms with Crippen LogP contribution < -0.4 is 5.32 Å². The number of benzene rings is 2. The average Bonchev–Trinajstić information content (AvgIpc) is 2.82. The van der Waals surface area contributed by atoms with Gasteiger partial charge < -0.3 is 5.32 Å². The van der Waals surface area contributed by atoms with Crippen molar-refractivity contribution in [3.8, 4) is 0 Å². The van der Waals surface area contributed by atoms with Gasteiger partial charge in [-0.25, -0.2) is 9.38 Å². The van der Waals surface area contributed by atoms with Crippen molar-refractivity contribution in [1.29, 1.82) is 0 Å². The predicted molar refractivity (Wildman–Crippen MR) is 93.1 cm³/mol. The Morgan fingerprint density at radius 2 is 2.00 bits per heavy atom. The van der Waals surface area contributed by atoms with E-state index in [-0.39, 0.29) is 11.7 Å². The smallest absolute Gasteiger partial charge is 0.264 e. The van der Waals surface area contributed by atoms with Crippen LogP contribution in [0.3, 0.4) is 0 Å². The number of aliphatic imine (C=N–C) groups is 1. The molecule has 0 radical (unpaired) electrons. The number of hydrogen-bond acceptors (Lipinski definition) is 3. The van der Waals surface area contributed by atoms with E-state index in [0.29, 0.717) is 15.6 Å². The third-order valence-corrected chi connectivity index (χ3v) is 4.28. The van der Waals surface area contributed by atoms with Crippen molar-refractivity contribution in [2.45, 2.75) is 13.8 Å². The Morgan fingerprint density at radius 3 is 2.74 bits per heavy atom.